The normalized spacial score (nSPS) is 24.2. The number of hydrogen-bond acceptors (Lipinski definition) is 5. The van der Waals surface area contributed by atoms with E-state index >= 15 is 0 Å². The van der Waals surface area contributed by atoms with Crippen molar-refractivity contribution in [3.8, 4) is 0 Å². The third-order valence-electron chi connectivity index (χ3n) is 4.71. The van der Waals surface area contributed by atoms with Gasteiger partial charge in [-0.15, -0.1) is 24.0 Å². The van der Waals surface area contributed by atoms with Crippen LogP contribution >= 0.6 is 24.0 Å². The lowest BCUT2D eigenvalue weighted by Gasteiger charge is -2.22. The summed E-state index contributed by atoms with van der Waals surface area (Å²) in [5, 5.41) is 5.95. The van der Waals surface area contributed by atoms with Crippen LogP contribution in [-0.4, -0.2) is 89.7 Å². The molecule has 0 aromatic carbocycles. The van der Waals surface area contributed by atoms with Crippen LogP contribution < -0.4 is 15.4 Å². The summed E-state index contributed by atoms with van der Waals surface area (Å²) in [7, 11) is -1.92. The summed E-state index contributed by atoms with van der Waals surface area (Å²) in [6.45, 7) is 0.770. The second-order valence-corrected chi connectivity index (χ2v) is 9.06. The van der Waals surface area contributed by atoms with Gasteiger partial charge in [0.05, 0.1) is 18.4 Å². The zero-order valence-corrected chi connectivity index (χ0v) is 19.6. The molecule has 0 bridgehead atoms. The molecule has 172 valence electrons. The molecule has 2 fully saturated rings. The number of guanidine groups is 1. The van der Waals surface area contributed by atoms with Crippen molar-refractivity contribution >= 4 is 40.0 Å². The van der Waals surface area contributed by atoms with Crippen LogP contribution in [0.15, 0.2) is 4.99 Å². The molecule has 2 aliphatic heterocycles. The fourth-order valence-corrected chi connectivity index (χ4v) is 4.25. The molecule has 3 N–H and O–H groups in total. The fraction of sp³-hybridized carbons (Fsp3) is 0.938. The van der Waals surface area contributed by atoms with E-state index in [0.29, 0.717) is 25.5 Å². The number of halogens is 4. The van der Waals surface area contributed by atoms with Crippen LogP contribution in [0, 0.1) is 0 Å². The molecule has 2 aliphatic rings. The predicted octanol–water partition coefficient (Wildman–Crippen LogP) is 0.895. The second kappa shape index (κ2) is 12.5. The Labute approximate surface area is 187 Å². The molecule has 0 aromatic heterocycles. The number of ether oxygens (including phenoxy) is 1. The van der Waals surface area contributed by atoms with Crippen LogP contribution in [0.2, 0.25) is 0 Å². The van der Waals surface area contributed by atoms with Gasteiger partial charge in [-0.25, -0.2) is 13.1 Å². The molecular formula is C16H31F3IN5O3S. The van der Waals surface area contributed by atoms with Gasteiger partial charge in [-0.2, -0.15) is 13.2 Å². The van der Waals surface area contributed by atoms with Crippen LogP contribution in [0.5, 0.6) is 0 Å². The molecule has 2 atom stereocenters. The summed E-state index contributed by atoms with van der Waals surface area (Å²) in [5.41, 5.74) is 0. The first-order valence-electron chi connectivity index (χ1n) is 9.52. The molecule has 2 unspecified atom stereocenters. The molecule has 2 heterocycles. The van der Waals surface area contributed by atoms with E-state index < -0.39 is 22.7 Å². The summed E-state index contributed by atoms with van der Waals surface area (Å²) in [6.07, 6.45) is -0.819. The molecule has 0 radical (unpaired) electrons. The monoisotopic (exact) mass is 557 g/mol. The Morgan fingerprint density at radius 3 is 2.66 bits per heavy atom. The number of nitrogens with one attached hydrogen (secondary N) is 3. The summed E-state index contributed by atoms with van der Waals surface area (Å²) in [4.78, 5) is 5.35. The Kier molecular flexibility index (Phi) is 11.5. The van der Waals surface area contributed by atoms with Crippen LogP contribution in [0.1, 0.15) is 25.7 Å². The van der Waals surface area contributed by atoms with Gasteiger partial charge in [0, 0.05) is 45.9 Å². The summed E-state index contributed by atoms with van der Waals surface area (Å²) < 4.78 is 69.6. The van der Waals surface area contributed by atoms with Gasteiger partial charge in [-0.3, -0.25) is 9.89 Å². The minimum absolute atomic E-state index is 0. The van der Waals surface area contributed by atoms with Gasteiger partial charge in [0.15, 0.2) is 5.96 Å². The second-order valence-electron chi connectivity index (χ2n) is 7.14. The van der Waals surface area contributed by atoms with Crippen LogP contribution in [0.4, 0.5) is 13.2 Å². The van der Waals surface area contributed by atoms with Gasteiger partial charge in [0.2, 0.25) is 10.0 Å². The molecule has 2 saturated heterocycles. The van der Waals surface area contributed by atoms with Gasteiger partial charge >= 0.3 is 6.18 Å². The minimum atomic E-state index is -4.21. The highest BCUT2D eigenvalue weighted by Gasteiger charge is 2.34. The van der Waals surface area contributed by atoms with Gasteiger partial charge in [-0.05, 0) is 25.7 Å². The van der Waals surface area contributed by atoms with E-state index in [1.807, 2.05) is 0 Å². The van der Waals surface area contributed by atoms with Gasteiger partial charge in [-0.1, -0.05) is 0 Å². The lowest BCUT2D eigenvalue weighted by atomic mass is 10.1. The Hall–Kier alpha value is -0.380. The number of sulfonamides is 1. The molecule has 0 amide bonds. The van der Waals surface area contributed by atoms with E-state index in [1.165, 1.54) is 11.9 Å². The van der Waals surface area contributed by atoms with Crippen LogP contribution in [0.3, 0.4) is 0 Å². The first-order valence-corrected chi connectivity index (χ1v) is 11.2. The quantitative estimate of drug-likeness (QED) is 0.233. The molecule has 29 heavy (non-hydrogen) atoms. The minimum Gasteiger partial charge on any atom is -0.377 e. The highest BCUT2D eigenvalue weighted by Crippen LogP contribution is 2.19. The number of aliphatic imine (C=N–C) groups is 1. The summed E-state index contributed by atoms with van der Waals surface area (Å²) >= 11 is 0. The van der Waals surface area contributed by atoms with Crippen molar-refractivity contribution in [3.05, 3.63) is 0 Å². The van der Waals surface area contributed by atoms with Gasteiger partial charge < -0.3 is 15.4 Å². The van der Waals surface area contributed by atoms with Crippen molar-refractivity contribution in [2.75, 3.05) is 52.1 Å². The van der Waals surface area contributed by atoms with Crippen molar-refractivity contribution in [3.63, 3.8) is 0 Å². The molecular weight excluding hydrogens is 526 g/mol. The topological polar surface area (TPSA) is 95.1 Å². The Morgan fingerprint density at radius 1 is 1.28 bits per heavy atom. The third-order valence-corrected chi connectivity index (χ3v) is 6.06. The molecule has 2 rings (SSSR count). The van der Waals surface area contributed by atoms with Gasteiger partial charge in [0.25, 0.3) is 0 Å². The lowest BCUT2D eigenvalue weighted by Crippen LogP contribution is -2.47. The number of likely N-dealkylation sites (tertiary alicyclic amines) is 1. The maximum atomic E-state index is 12.5. The largest absolute Gasteiger partial charge is 0.401 e. The molecule has 13 heteroatoms. The van der Waals surface area contributed by atoms with Crippen molar-refractivity contribution in [1.29, 1.82) is 0 Å². The zero-order chi connectivity index (χ0) is 20.6. The van der Waals surface area contributed by atoms with E-state index in [-0.39, 0.29) is 61.5 Å². The highest BCUT2D eigenvalue weighted by molar-refractivity contribution is 14.0. The molecule has 8 nitrogen and oxygen atoms in total. The average molecular weight is 557 g/mol. The standard InChI is InChI=1S/C16H30F3N5O3S.HI/c1-20-15(23-13-5-7-24(11-13)12-16(17,18)19)21-6-9-28(25,26)22-10-14-4-2-3-8-27-14;/h13-14,22H,2-12H2,1H3,(H2,20,21,23);1H. The van der Waals surface area contributed by atoms with Crippen LogP contribution in [0.25, 0.3) is 0 Å². The van der Waals surface area contributed by atoms with Crippen LogP contribution in [-0.2, 0) is 14.8 Å². The number of hydrogen-bond donors (Lipinski definition) is 3. The fourth-order valence-electron chi connectivity index (χ4n) is 3.30. The molecule has 0 aromatic rings. The zero-order valence-electron chi connectivity index (χ0n) is 16.5. The van der Waals surface area contributed by atoms with Crippen molar-refractivity contribution in [2.24, 2.45) is 4.99 Å². The molecule has 0 saturated carbocycles. The first kappa shape index (κ1) is 26.7. The number of alkyl halides is 3. The predicted molar refractivity (Wildman–Crippen MR) is 116 cm³/mol. The Bertz CT molecular complexity index is 615. The third kappa shape index (κ3) is 11.0. The number of rotatable bonds is 8. The van der Waals surface area contributed by atoms with E-state index in [1.54, 1.807) is 0 Å². The van der Waals surface area contributed by atoms with Gasteiger partial charge in [0.1, 0.15) is 0 Å². The van der Waals surface area contributed by atoms with E-state index in [4.69, 9.17) is 4.74 Å². The summed E-state index contributed by atoms with van der Waals surface area (Å²) in [5.74, 6) is 0.246. The smallest absolute Gasteiger partial charge is 0.377 e. The highest BCUT2D eigenvalue weighted by atomic mass is 127. The maximum Gasteiger partial charge on any atom is 0.401 e. The molecule has 0 aliphatic carbocycles. The summed E-state index contributed by atoms with van der Waals surface area (Å²) in [6, 6.07) is -0.160. The maximum absolute atomic E-state index is 12.5. The first-order chi connectivity index (χ1) is 13.2. The SMILES string of the molecule is CN=C(NCCS(=O)(=O)NCC1CCCCO1)NC1CCN(CC(F)(F)F)C1.I. The van der Waals surface area contributed by atoms with E-state index in [2.05, 4.69) is 20.3 Å². The van der Waals surface area contributed by atoms with Crippen molar-refractivity contribution in [2.45, 2.75) is 44.0 Å². The van der Waals surface area contributed by atoms with Crippen molar-refractivity contribution < 1.29 is 26.3 Å². The Balaban J connectivity index is 0.00000420. The Morgan fingerprint density at radius 2 is 2.03 bits per heavy atom. The number of nitrogens with zero attached hydrogens (tertiary/aromatic N) is 2. The van der Waals surface area contributed by atoms with E-state index in [0.717, 1.165) is 19.3 Å². The lowest BCUT2D eigenvalue weighted by molar-refractivity contribution is -0.143. The van der Waals surface area contributed by atoms with Crippen molar-refractivity contribution in [1.82, 2.24) is 20.3 Å². The molecule has 0 spiro atoms. The average Bonchev–Trinajstić information content (AvgIpc) is 3.05. The van der Waals surface area contributed by atoms with E-state index in [9.17, 15) is 21.6 Å².